The molecule has 6 heteroatoms. The van der Waals surface area contributed by atoms with Crippen LogP contribution in [-0.4, -0.2) is 26.8 Å². The van der Waals surface area contributed by atoms with Crippen molar-refractivity contribution in [3.8, 4) is 11.5 Å². The van der Waals surface area contributed by atoms with E-state index in [0.29, 0.717) is 23.3 Å². The lowest BCUT2D eigenvalue weighted by atomic mass is 9.50. The summed E-state index contributed by atoms with van der Waals surface area (Å²) in [6.45, 7) is 0. The molecule has 132 valence electrons. The molecule has 4 saturated carbocycles. The third-order valence-electron chi connectivity index (χ3n) is 6.37. The summed E-state index contributed by atoms with van der Waals surface area (Å²) in [6.07, 6.45) is 8.16. The van der Waals surface area contributed by atoms with Gasteiger partial charge in [-0.1, -0.05) is 0 Å². The van der Waals surface area contributed by atoms with Crippen LogP contribution in [0, 0.1) is 11.8 Å². The van der Waals surface area contributed by atoms with Crippen molar-refractivity contribution in [2.45, 2.75) is 49.6 Å². The molecule has 4 aliphatic rings. The monoisotopic (exact) mass is 340 g/mol. The molecule has 4 aliphatic carbocycles. The molecule has 2 atom stereocenters. The van der Waals surface area contributed by atoms with Crippen LogP contribution in [0.4, 0.5) is 0 Å². The van der Waals surface area contributed by atoms with Crippen LogP contribution in [0.5, 0.6) is 0 Å². The van der Waals surface area contributed by atoms with Crippen LogP contribution in [0.15, 0.2) is 28.9 Å². The van der Waals surface area contributed by atoms with Gasteiger partial charge < -0.3 is 15.5 Å². The summed E-state index contributed by atoms with van der Waals surface area (Å²) in [5.41, 5.74) is 7.65. The molecule has 6 rings (SSSR count). The summed E-state index contributed by atoms with van der Waals surface area (Å²) in [5, 5.41) is 7.72. The lowest BCUT2D eigenvalue weighted by Gasteiger charge is -2.61. The van der Waals surface area contributed by atoms with E-state index in [1.807, 2.05) is 19.2 Å². The van der Waals surface area contributed by atoms with E-state index in [1.54, 1.807) is 17.0 Å². The molecule has 2 heterocycles. The van der Waals surface area contributed by atoms with Gasteiger partial charge in [-0.25, -0.2) is 0 Å². The first-order chi connectivity index (χ1) is 11.9. The van der Waals surface area contributed by atoms with Crippen LogP contribution in [0.25, 0.3) is 11.5 Å². The van der Waals surface area contributed by atoms with Crippen LogP contribution in [0.1, 0.15) is 49.0 Å². The van der Waals surface area contributed by atoms with Gasteiger partial charge in [0.2, 0.25) is 0 Å². The Hall–Kier alpha value is -2.08. The van der Waals surface area contributed by atoms with Crippen LogP contribution < -0.4 is 11.1 Å². The van der Waals surface area contributed by atoms with Crippen molar-refractivity contribution in [1.82, 2.24) is 15.1 Å². The number of nitrogens with one attached hydrogen (secondary N) is 1. The Kier molecular flexibility index (Phi) is 3.02. The minimum atomic E-state index is -0.141. The molecule has 1 amide bonds. The summed E-state index contributed by atoms with van der Waals surface area (Å²) >= 11 is 0. The van der Waals surface area contributed by atoms with E-state index < -0.39 is 0 Å². The Labute approximate surface area is 146 Å². The maximum absolute atomic E-state index is 12.9. The number of hydrogen-bond acceptors (Lipinski definition) is 4. The maximum Gasteiger partial charge on any atom is 0.272 e. The Bertz CT molecular complexity index is 809. The fraction of sp³-hybridized carbons (Fsp3) is 0.579. The first kappa shape index (κ1) is 15.2. The number of carbonyl (C=O) groups is 1. The number of nitrogens with two attached hydrogens (primary N) is 1. The summed E-state index contributed by atoms with van der Waals surface area (Å²) < 4.78 is 7.12. The number of carbonyl (C=O) groups excluding carboxylic acids is 1. The molecular weight excluding hydrogens is 316 g/mol. The third-order valence-corrected chi connectivity index (χ3v) is 6.37. The zero-order valence-corrected chi connectivity index (χ0v) is 14.5. The van der Waals surface area contributed by atoms with Crippen molar-refractivity contribution in [3.63, 3.8) is 0 Å². The SMILES string of the molecule is Cn1nc(C(=O)NC23CC4CC(CC(N)(C4)C2)C3)cc1-c1ccco1. The highest BCUT2D eigenvalue weighted by Gasteiger charge is 2.56. The normalized spacial score (nSPS) is 35.9. The molecule has 0 spiro atoms. The molecule has 0 aromatic carbocycles. The summed E-state index contributed by atoms with van der Waals surface area (Å²) in [6, 6.07) is 5.50. The van der Waals surface area contributed by atoms with Crippen LogP contribution >= 0.6 is 0 Å². The highest BCUT2D eigenvalue weighted by molar-refractivity contribution is 5.93. The van der Waals surface area contributed by atoms with Gasteiger partial charge in [-0.05, 0) is 62.5 Å². The fourth-order valence-electron chi connectivity index (χ4n) is 6.02. The lowest BCUT2D eigenvalue weighted by Crippen LogP contribution is -2.68. The average molecular weight is 340 g/mol. The number of aromatic nitrogens is 2. The fourth-order valence-corrected chi connectivity index (χ4v) is 6.02. The largest absolute Gasteiger partial charge is 0.463 e. The maximum atomic E-state index is 12.9. The number of amides is 1. The van der Waals surface area contributed by atoms with E-state index in [4.69, 9.17) is 10.2 Å². The second-order valence-electron chi connectivity index (χ2n) is 8.57. The van der Waals surface area contributed by atoms with Crippen LogP contribution in [-0.2, 0) is 7.05 Å². The van der Waals surface area contributed by atoms with E-state index in [-0.39, 0.29) is 17.0 Å². The van der Waals surface area contributed by atoms with Crippen molar-refractivity contribution in [3.05, 3.63) is 30.2 Å². The van der Waals surface area contributed by atoms with E-state index in [9.17, 15) is 4.79 Å². The van der Waals surface area contributed by atoms with Crippen molar-refractivity contribution in [2.24, 2.45) is 24.6 Å². The molecule has 6 nitrogen and oxygen atoms in total. The van der Waals surface area contributed by atoms with Gasteiger partial charge in [0.1, 0.15) is 5.69 Å². The van der Waals surface area contributed by atoms with Gasteiger partial charge in [0.05, 0.1) is 6.26 Å². The molecule has 2 unspecified atom stereocenters. The number of rotatable bonds is 3. The van der Waals surface area contributed by atoms with Gasteiger partial charge in [0, 0.05) is 24.2 Å². The average Bonchev–Trinajstić information content (AvgIpc) is 3.12. The predicted molar refractivity (Wildman–Crippen MR) is 92.7 cm³/mol. The molecule has 2 aromatic heterocycles. The van der Waals surface area contributed by atoms with Gasteiger partial charge in [-0.3, -0.25) is 9.48 Å². The minimum Gasteiger partial charge on any atom is -0.463 e. The van der Waals surface area contributed by atoms with Crippen LogP contribution in [0.2, 0.25) is 0 Å². The lowest BCUT2D eigenvalue weighted by molar-refractivity contribution is -0.0321. The van der Waals surface area contributed by atoms with E-state index in [0.717, 1.165) is 37.8 Å². The summed E-state index contributed by atoms with van der Waals surface area (Å²) in [4.78, 5) is 12.9. The van der Waals surface area contributed by atoms with Gasteiger partial charge in [-0.2, -0.15) is 5.10 Å². The molecule has 2 aromatic rings. The zero-order chi connectivity index (χ0) is 17.2. The van der Waals surface area contributed by atoms with E-state index >= 15 is 0 Å². The van der Waals surface area contributed by atoms with Gasteiger partial charge in [0.15, 0.2) is 11.5 Å². The number of hydrogen-bond donors (Lipinski definition) is 2. The molecule has 0 saturated heterocycles. The topological polar surface area (TPSA) is 86.1 Å². The molecule has 4 bridgehead atoms. The summed E-state index contributed by atoms with van der Waals surface area (Å²) in [5.74, 6) is 1.94. The highest BCUT2D eigenvalue weighted by Crippen LogP contribution is 2.56. The number of aryl methyl sites for hydroxylation is 1. The first-order valence-electron chi connectivity index (χ1n) is 9.13. The van der Waals surface area contributed by atoms with Crippen LogP contribution in [0.3, 0.4) is 0 Å². The molecular formula is C19H24N4O2. The van der Waals surface area contributed by atoms with Gasteiger partial charge in [0.25, 0.3) is 5.91 Å². The zero-order valence-electron chi connectivity index (χ0n) is 14.5. The molecule has 0 aliphatic heterocycles. The molecule has 3 N–H and O–H groups in total. The Balaban J connectivity index is 1.40. The second kappa shape index (κ2) is 4.97. The minimum absolute atomic E-state index is 0.0825. The predicted octanol–water partition coefficient (Wildman–Crippen LogP) is 2.46. The van der Waals surface area contributed by atoms with Crippen molar-refractivity contribution in [2.75, 3.05) is 0 Å². The quantitative estimate of drug-likeness (QED) is 0.899. The molecule has 0 radical (unpaired) electrons. The van der Waals surface area contributed by atoms with Gasteiger partial charge in [-0.15, -0.1) is 0 Å². The third kappa shape index (κ3) is 2.42. The van der Waals surface area contributed by atoms with Crippen molar-refractivity contribution < 1.29 is 9.21 Å². The number of furan rings is 1. The molecule has 4 fully saturated rings. The van der Waals surface area contributed by atoms with Gasteiger partial charge >= 0.3 is 0 Å². The van der Waals surface area contributed by atoms with Crippen molar-refractivity contribution in [1.29, 1.82) is 0 Å². The molecule has 25 heavy (non-hydrogen) atoms. The standard InChI is InChI=1S/C19H24N4O2/c1-23-15(16-3-2-4-25-16)6-14(22-23)17(24)21-19-9-12-5-13(10-19)8-18(20,7-12)11-19/h2-4,6,12-13H,5,7-11,20H2,1H3,(H,21,24). The van der Waals surface area contributed by atoms with E-state index in [2.05, 4.69) is 10.4 Å². The second-order valence-corrected chi connectivity index (χ2v) is 8.57. The number of nitrogens with zero attached hydrogens (tertiary/aromatic N) is 2. The van der Waals surface area contributed by atoms with E-state index in [1.165, 1.54) is 6.42 Å². The van der Waals surface area contributed by atoms with Crippen molar-refractivity contribution >= 4 is 5.91 Å². The Morgan fingerprint density at radius 2 is 2.12 bits per heavy atom. The Morgan fingerprint density at radius 3 is 2.76 bits per heavy atom. The highest BCUT2D eigenvalue weighted by atomic mass is 16.3. The summed E-state index contributed by atoms with van der Waals surface area (Å²) in [7, 11) is 1.83. The first-order valence-corrected chi connectivity index (χ1v) is 9.13. The Morgan fingerprint density at radius 1 is 1.36 bits per heavy atom. The smallest absolute Gasteiger partial charge is 0.272 e.